The van der Waals surface area contributed by atoms with Gasteiger partial charge in [-0.3, -0.25) is 23.9 Å². The minimum Gasteiger partial charge on any atom is -0.497 e. The first-order chi connectivity index (χ1) is 28.1. The number of nitrogens with one attached hydrogen (secondary N) is 1. The number of allylic oxidation sites excluding steroid dienone is 2. The normalized spacial score (nSPS) is 29.0. The molecule has 0 unspecified atom stereocenters. The highest BCUT2D eigenvalue weighted by atomic mass is 32.2. The predicted molar refractivity (Wildman–Crippen MR) is 215 cm³/mol. The maximum Gasteiger partial charge on any atom is 0.307 e. The summed E-state index contributed by atoms with van der Waals surface area (Å²) >= 11 is 0. The summed E-state index contributed by atoms with van der Waals surface area (Å²) in [5.41, 5.74) is -3.66. The highest BCUT2D eigenvalue weighted by molar-refractivity contribution is 7.91. The van der Waals surface area contributed by atoms with E-state index in [9.17, 15) is 40.8 Å². The van der Waals surface area contributed by atoms with Gasteiger partial charge < -0.3 is 23.8 Å². The number of sulfonamides is 1. The number of halogens is 3. The number of Topliss-reactive ketones (excluding diaryl/α,β-unsaturated/α-hetero) is 1. The number of fused-ring (bicyclic) bond motifs is 3. The summed E-state index contributed by atoms with van der Waals surface area (Å²) in [5.74, 6) is -7.51. The van der Waals surface area contributed by atoms with E-state index in [1.54, 1.807) is 31.2 Å². The number of aromatic nitrogens is 1. The first-order valence-electron chi connectivity index (χ1n) is 20.5. The third kappa shape index (κ3) is 9.10. The van der Waals surface area contributed by atoms with Crippen molar-refractivity contribution in [1.29, 1.82) is 0 Å². The van der Waals surface area contributed by atoms with Crippen molar-refractivity contribution in [3.63, 3.8) is 0 Å². The standard InChI is InChI=1S/C43H56F3N3O10S/c1-25-10-8-9-11-28-21-43(28,39(53)48-60(54,55)42(24-44)14-15-42)22-34(50)33-19-30(58-37-31-13-12-29(56-6)17-27(31)18-35(47-37)57-7)23-49(33)38(52)32(26(2)16-25)20-36(51)59-40(3,4)41(5,45)46/h9,11-13,17-18,25-26,28,30,32-33H,8,10,14-16,19-24H2,1-7H3,(H,48,53)/b11-9-/t25-,26-,28-,30-,32+,33+,43-/m1/s1. The minimum atomic E-state index is -4.41. The second-order valence-corrected chi connectivity index (χ2v) is 20.0. The second-order valence-electron chi connectivity index (χ2n) is 17.9. The number of ketones is 1. The number of nitrogens with zero attached hydrogens (tertiary/aromatic N) is 2. The van der Waals surface area contributed by atoms with Gasteiger partial charge in [-0.2, -0.15) is 4.98 Å². The van der Waals surface area contributed by atoms with Gasteiger partial charge in [0.1, 0.15) is 23.3 Å². The number of methoxy groups -OCH3 is 2. The van der Waals surface area contributed by atoms with Gasteiger partial charge in [0.2, 0.25) is 33.6 Å². The number of esters is 1. The fraction of sp³-hybridized carbons (Fsp3) is 0.651. The number of carbonyl (C=O) groups is 4. The smallest absolute Gasteiger partial charge is 0.307 e. The number of benzene rings is 1. The largest absolute Gasteiger partial charge is 0.497 e. The van der Waals surface area contributed by atoms with Crippen LogP contribution in [0.4, 0.5) is 13.2 Å². The van der Waals surface area contributed by atoms with Gasteiger partial charge in [-0.05, 0) is 93.7 Å². The molecule has 4 aliphatic rings. The Balaban J connectivity index is 1.37. The molecular weight excluding hydrogens is 808 g/mol. The molecule has 2 aliphatic heterocycles. The fourth-order valence-corrected chi connectivity index (χ4v) is 9.94. The van der Waals surface area contributed by atoms with Gasteiger partial charge in [0.25, 0.3) is 5.92 Å². The van der Waals surface area contributed by atoms with Crippen molar-refractivity contribution in [3.8, 4) is 17.5 Å². The molecule has 1 N–H and O–H groups in total. The van der Waals surface area contributed by atoms with Gasteiger partial charge in [-0.15, -0.1) is 0 Å². The third-order valence-corrected chi connectivity index (χ3v) is 15.2. The van der Waals surface area contributed by atoms with Crippen LogP contribution >= 0.6 is 0 Å². The molecule has 60 heavy (non-hydrogen) atoms. The average molecular weight is 864 g/mol. The van der Waals surface area contributed by atoms with Crippen molar-refractivity contribution in [3.05, 3.63) is 36.4 Å². The molecule has 330 valence electrons. The number of ether oxygens (including phenoxy) is 4. The number of hydrogen-bond donors (Lipinski definition) is 1. The van der Waals surface area contributed by atoms with E-state index in [4.69, 9.17) is 18.9 Å². The lowest BCUT2D eigenvalue weighted by atomic mass is 9.82. The zero-order valence-electron chi connectivity index (χ0n) is 35.2. The first-order valence-corrected chi connectivity index (χ1v) is 22.0. The van der Waals surface area contributed by atoms with Crippen LogP contribution in [0, 0.1) is 29.1 Å². The van der Waals surface area contributed by atoms with Gasteiger partial charge in [0, 0.05) is 31.2 Å². The molecule has 7 atom stereocenters. The van der Waals surface area contributed by atoms with Crippen LogP contribution in [0.25, 0.3) is 10.8 Å². The van der Waals surface area contributed by atoms with Crippen LogP contribution in [-0.2, 0) is 33.9 Å². The Kier molecular flexibility index (Phi) is 12.6. The Labute approximate surface area is 349 Å². The van der Waals surface area contributed by atoms with Gasteiger partial charge in [0.15, 0.2) is 11.4 Å². The number of rotatable bonds is 12. The van der Waals surface area contributed by atoms with Crippen molar-refractivity contribution in [2.75, 3.05) is 27.4 Å². The van der Waals surface area contributed by atoms with E-state index < -0.39 is 105 Å². The van der Waals surface area contributed by atoms with Crippen LogP contribution in [-0.4, -0.2) is 97.7 Å². The number of carbonyl (C=O) groups excluding carboxylic acids is 4. The highest BCUT2D eigenvalue weighted by Crippen LogP contribution is 2.58. The summed E-state index contributed by atoms with van der Waals surface area (Å²) in [6.07, 6.45) is 3.84. The van der Waals surface area contributed by atoms with Crippen molar-refractivity contribution in [2.24, 2.45) is 29.1 Å². The topological polar surface area (TPSA) is 167 Å². The number of hydrogen-bond acceptors (Lipinski definition) is 11. The molecule has 1 saturated heterocycles. The molecule has 3 heterocycles. The molecule has 2 aliphatic carbocycles. The predicted octanol–water partition coefficient (Wildman–Crippen LogP) is 6.51. The van der Waals surface area contributed by atoms with Gasteiger partial charge >= 0.3 is 5.97 Å². The first kappa shape index (κ1) is 45.1. The highest BCUT2D eigenvalue weighted by Gasteiger charge is 2.63. The van der Waals surface area contributed by atoms with E-state index in [1.807, 2.05) is 19.1 Å². The maximum absolute atomic E-state index is 15.0. The Morgan fingerprint density at radius 3 is 2.40 bits per heavy atom. The SMILES string of the molecule is COc1ccc2c(O[C@@H]3C[C@H]4C(=O)C[C@]5(C(=O)NS(=O)(=O)C6(CF)CC6)C[C@H]5/C=C\CC[C@@H](C)C[C@@H](C)[C@H](CC(=O)OC(C)(C)C(C)(F)F)C(=O)N4C3)nc(OC)cc2c1. The molecule has 1 aromatic carbocycles. The van der Waals surface area contributed by atoms with E-state index in [-0.39, 0.29) is 49.9 Å². The fourth-order valence-electron chi connectivity index (χ4n) is 8.49. The van der Waals surface area contributed by atoms with Crippen LogP contribution in [0.15, 0.2) is 36.4 Å². The summed E-state index contributed by atoms with van der Waals surface area (Å²) in [5, 5.41) is 1.26. The molecule has 3 fully saturated rings. The van der Waals surface area contributed by atoms with Crippen molar-refractivity contribution >= 4 is 44.4 Å². The molecule has 2 saturated carbocycles. The zero-order valence-corrected chi connectivity index (χ0v) is 36.0. The van der Waals surface area contributed by atoms with E-state index in [2.05, 4.69) is 9.71 Å². The molecular formula is C43H56F3N3O10S. The lowest BCUT2D eigenvalue weighted by molar-refractivity contribution is -0.197. The second kappa shape index (κ2) is 16.8. The van der Waals surface area contributed by atoms with Gasteiger partial charge in [-0.1, -0.05) is 26.0 Å². The van der Waals surface area contributed by atoms with Gasteiger partial charge in [0.05, 0.1) is 44.6 Å². The minimum absolute atomic E-state index is 0.0310. The Morgan fingerprint density at radius 1 is 1.05 bits per heavy atom. The van der Waals surface area contributed by atoms with E-state index >= 15 is 0 Å². The van der Waals surface area contributed by atoms with Crippen LogP contribution in [0.2, 0.25) is 0 Å². The van der Waals surface area contributed by atoms with Crippen LogP contribution in [0.5, 0.6) is 17.5 Å². The summed E-state index contributed by atoms with van der Waals surface area (Å²) in [4.78, 5) is 63.0. The van der Waals surface area contributed by atoms with Crippen molar-refractivity contribution in [2.45, 2.75) is 121 Å². The molecule has 13 nitrogen and oxygen atoms in total. The summed E-state index contributed by atoms with van der Waals surface area (Å²) < 4.78 is 92.4. The maximum atomic E-state index is 15.0. The quantitative estimate of drug-likeness (QED) is 0.183. The van der Waals surface area contributed by atoms with Crippen LogP contribution in [0.1, 0.15) is 92.4 Å². The van der Waals surface area contributed by atoms with Crippen molar-refractivity contribution < 1.29 is 59.7 Å². The average Bonchev–Trinajstić information content (AvgIpc) is 4.08. The summed E-state index contributed by atoms with van der Waals surface area (Å²) in [6.45, 7) is 5.33. The lowest BCUT2D eigenvalue weighted by Crippen LogP contribution is -2.49. The molecule has 2 amide bonds. The van der Waals surface area contributed by atoms with E-state index in [0.29, 0.717) is 42.7 Å². The molecule has 17 heteroatoms. The molecule has 1 aromatic heterocycles. The Bertz CT molecular complexity index is 2130. The van der Waals surface area contributed by atoms with E-state index in [1.165, 1.54) is 19.1 Å². The Hall–Kier alpha value is -4.41. The van der Waals surface area contributed by atoms with Crippen LogP contribution in [0.3, 0.4) is 0 Å². The molecule has 0 bridgehead atoms. The van der Waals surface area contributed by atoms with Crippen molar-refractivity contribution in [1.82, 2.24) is 14.6 Å². The third-order valence-electron chi connectivity index (χ3n) is 13.1. The van der Waals surface area contributed by atoms with Crippen LogP contribution < -0.4 is 18.9 Å². The lowest BCUT2D eigenvalue weighted by Gasteiger charge is -2.34. The van der Waals surface area contributed by atoms with Gasteiger partial charge in [-0.25, -0.2) is 21.6 Å². The number of amides is 2. The zero-order chi connectivity index (χ0) is 44.0. The molecule has 0 radical (unpaired) electrons. The molecule has 6 rings (SSSR count). The Morgan fingerprint density at radius 2 is 1.77 bits per heavy atom. The summed E-state index contributed by atoms with van der Waals surface area (Å²) in [6, 6.07) is 5.74. The number of pyridine rings is 1. The molecule has 0 spiro atoms. The molecule has 2 aromatic rings. The summed E-state index contributed by atoms with van der Waals surface area (Å²) in [7, 11) is -1.44. The van der Waals surface area contributed by atoms with E-state index in [0.717, 1.165) is 13.8 Å². The monoisotopic (exact) mass is 863 g/mol. The number of alkyl halides is 3.